The Morgan fingerprint density at radius 2 is 2.30 bits per heavy atom. The highest BCUT2D eigenvalue weighted by Crippen LogP contribution is 2.29. The number of amides is 1. The van der Waals surface area contributed by atoms with Gasteiger partial charge in [-0.25, -0.2) is 4.39 Å². The van der Waals surface area contributed by atoms with Gasteiger partial charge in [0.05, 0.1) is 16.7 Å². The van der Waals surface area contributed by atoms with Crippen LogP contribution in [0.2, 0.25) is 0 Å². The zero-order chi connectivity index (χ0) is 14.7. The number of non-ortho nitro benzene ring substituents is 1. The molecule has 1 heterocycles. The lowest BCUT2D eigenvalue weighted by atomic mass is 9.94. The normalized spacial score (nSPS) is 18.9. The van der Waals surface area contributed by atoms with Crippen LogP contribution >= 0.6 is 0 Å². The predicted molar refractivity (Wildman–Crippen MR) is 71.8 cm³/mol. The van der Waals surface area contributed by atoms with E-state index in [0.29, 0.717) is 18.8 Å². The average Bonchev–Trinajstić information content (AvgIpc) is 2.38. The van der Waals surface area contributed by atoms with Crippen LogP contribution in [0, 0.1) is 21.8 Å². The molecule has 1 fully saturated rings. The fourth-order valence-electron chi connectivity index (χ4n) is 2.60. The molecule has 1 unspecified atom stereocenters. The lowest BCUT2D eigenvalue weighted by molar-refractivity contribution is -0.385. The molecule has 1 aliphatic rings. The fraction of sp³-hybridized carbons (Fsp3) is 0.462. The Kier molecular flexibility index (Phi) is 4.16. The maximum Gasteiger partial charge on any atom is 0.272 e. The second-order valence-electron chi connectivity index (χ2n) is 5.02. The number of benzene rings is 1. The lowest BCUT2D eigenvalue weighted by Gasteiger charge is -2.34. The van der Waals surface area contributed by atoms with E-state index in [-0.39, 0.29) is 23.9 Å². The topological polar surface area (TPSA) is 89.5 Å². The zero-order valence-electron chi connectivity index (χ0n) is 10.9. The van der Waals surface area contributed by atoms with Crippen LogP contribution in [-0.2, 0) is 4.79 Å². The third-order valence-corrected chi connectivity index (χ3v) is 3.49. The van der Waals surface area contributed by atoms with Crippen LogP contribution in [0.4, 0.5) is 15.8 Å². The van der Waals surface area contributed by atoms with E-state index in [9.17, 15) is 19.3 Å². The lowest BCUT2D eigenvalue weighted by Crippen LogP contribution is -2.37. The SMILES string of the molecule is NC(=O)CC1CCCN(c2ccc([N+](=O)[O-])cc2F)C1. The second kappa shape index (κ2) is 5.85. The Labute approximate surface area is 115 Å². The van der Waals surface area contributed by atoms with Crippen LogP contribution in [0.1, 0.15) is 19.3 Å². The van der Waals surface area contributed by atoms with Gasteiger partial charge in [0, 0.05) is 25.6 Å². The van der Waals surface area contributed by atoms with Crippen molar-refractivity contribution in [1.82, 2.24) is 0 Å². The van der Waals surface area contributed by atoms with Crippen molar-refractivity contribution in [2.45, 2.75) is 19.3 Å². The Bertz CT molecular complexity index is 536. The summed E-state index contributed by atoms with van der Waals surface area (Å²) in [6.07, 6.45) is 2.01. The number of anilines is 1. The second-order valence-corrected chi connectivity index (χ2v) is 5.02. The maximum atomic E-state index is 13.9. The van der Waals surface area contributed by atoms with Crippen molar-refractivity contribution in [2.24, 2.45) is 11.7 Å². The summed E-state index contributed by atoms with van der Waals surface area (Å²) in [5, 5.41) is 10.6. The largest absolute Gasteiger partial charge is 0.370 e. The molecule has 7 heteroatoms. The highest BCUT2D eigenvalue weighted by atomic mass is 19.1. The van der Waals surface area contributed by atoms with Crippen LogP contribution in [0.25, 0.3) is 0 Å². The summed E-state index contributed by atoms with van der Waals surface area (Å²) in [7, 11) is 0. The number of hydrogen-bond acceptors (Lipinski definition) is 4. The molecule has 0 spiro atoms. The van der Waals surface area contributed by atoms with Crippen LogP contribution < -0.4 is 10.6 Å². The molecule has 1 amide bonds. The van der Waals surface area contributed by atoms with Crippen LogP contribution in [-0.4, -0.2) is 23.9 Å². The third-order valence-electron chi connectivity index (χ3n) is 3.49. The van der Waals surface area contributed by atoms with Crippen molar-refractivity contribution in [2.75, 3.05) is 18.0 Å². The van der Waals surface area contributed by atoms with E-state index >= 15 is 0 Å². The number of piperidine rings is 1. The zero-order valence-corrected chi connectivity index (χ0v) is 10.9. The maximum absolute atomic E-state index is 13.9. The molecule has 1 aromatic rings. The van der Waals surface area contributed by atoms with Gasteiger partial charge in [0.15, 0.2) is 5.82 Å². The van der Waals surface area contributed by atoms with Crippen molar-refractivity contribution in [3.05, 3.63) is 34.1 Å². The summed E-state index contributed by atoms with van der Waals surface area (Å²) < 4.78 is 13.9. The van der Waals surface area contributed by atoms with E-state index in [1.807, 2.05) is 4.90 Å². The van der Waals surface area contributed by atoms with Crippen molar-refractivity contribution < 1.29 is 14.1 Å². The predicted octanol–water partition coefficient (Wildman–Crippen LogP) is 1.83. The minimum absolute atomic E-state index is 0.107. The van der Waals surface area contributed by atoms with Crippen molar-refractivity contribution >= 4 is 17.3 Å². The molecule has 0 aliphatic carbocycles. The molecule has 0 radical (unpaired) electrons. The van der Waals surface area contributed by atoms with Crippen molar-refractivity contribution in [3.63, 3.8) is 0 Å². The molecule has 108 valence electrons. The molecule has 1 aliphatic heterocycles. The minimum Gasteiger partial charge on any atom is -0.370 e. The van der Waals surface area contributed by atoms with Gasteiger partial charge in [-0.2, -0.15) is 0 Å². The summed E-state index contributed by atoms with van der Waals surface area (Å²) in [6.45, 7) is 1.21. The average molecular weight is 281 g/mol. The first-order chi connectivity index (χ1) is 9.47. The highest BCUT2D eigenvalue weighted by molar-refractivity contribution is 5.74. The molecular weight excluding hydrogens is 265 g/mol. The summed E-state index contributed by atoms with van der Waals surface area (Å²) in [4.78, 5) is 22.7. The molecule has 20 heavy (non-hydrogen) atoms. The molecular formula is C13H16FN3O3. The molecule has 2 rings (SSSR count). The molecule has 1 saturated heterocycles. The summed E-state index contributed by atoms with van der Waals surface area (Å²) in [6, 6.07) is 3.63. The summed E-state index contributed by atoms with van der Waals surface area (Å²) >= 11 is 0. The first kappa shape index (κ1) is 14.2. The van der Waals surface area contributed by atoms with E-state index in [0.717, 1.165) is 18.9 Å². The standard InChI is InChI=1S/C13H16FN3O3/c14-11-7-10(17(19)20)3-4-12(11)16-5-1-2-9(8-16)6-13(15)18/h3-4,7,9H,1-2,5-6,8H2,(H2,15,18). The van der Waals surface area contributed by atoms with Gasteiger partial charge < -0.3 is 10.6 Å². The molecule has 0 saturated carbocycles. The van der Waals surface area contributed by atoms with E-state index in [1.165, 1.54) is 12.1 Å². The van der Waals surface area contributed by atoms with E-state index in [1.54, 1.807) is 0 Å². The number of nitrogens with zero attached hydrogens (tertiary/aromatic N) is 2. The van der Waals surface area contributed by atoms with Crippen LogP contribution in [0.5, 0.6) is 0 Å². The first-order valence-electron chi connectivity index (χ1n) is 6.44. The number of carbonyl (C=O) groups excluding carboxylic acids is 1. The molecule has 6 nitrogen and oxygen atoms in total. The van der Waals surface area contributed by atoms with Gasteiger partial charge >= 0.3 is 0 Å². The Morgan fingerprint density at radius 1 is 1.55 bits per heavy atom. The fourth-order valence-corrected chi connectivity index (χ4v) is 2.60. The monoisotopic (exact) mass is 281 g/mol. The molecule has 2 N–H and O–H groups in total. The number of carbonyl (C=O) groups is 1. The third kappa shape index (κ3) is 3.23. The molecule has 0 bridgehead atoms. The Morgan fingerprint density at radius 3 is 2.90 bits per heavy atom. The van der Waals surface area contributed by atoms with Crippen LogP contribution in [0.3, 0.4) is 0 Å². The van der Waals surface area contributed by atoms with Gasteiger partial charge in [-0.05, 0) is 24.8 Å². The van der Waals surface area contributed by atoms with Crippen molar-refractivity contribution in [1.29, 1.82) is 0 Å². The molecule has 1 atom stereocenters. The number of nitrogens with two attached hydrogens (primary N) is 1. The van der Waals surface area contributed by atoms with Gasteiger partial charge in [0.1, 0.15) is 0 Å². The molecule has 1 aromatic carbocycles. The quantitative estimate of drug-likeness (QED) is 0.673. The Hall–Kier alpha value is -2.18. The van der Waals surface area contributed by atoms with Crippen LogP contribution in [0.15, 0.2) is 18.2 Å². The minimum atomic E-state index is -0.626. The van der Waals surface area contributed by atoms with Gasteiger partial charge in [-0.15, -0.1) is 0 Å². The summed E-state index contributed by atoms with van der Waals surface area (Å²) in [5.74, 6) is -0.865. The smallest absolute Gasteiger partial charge is 0.272 e. The van der Waals surface area contributed by atoms with Gasteiger partial charge in [-0.1, -0.05) is 0 Å². The van der Waals surface area contributed by atoms with E-state index < -0.39 is 10.7 Å². The first-order valence-corrected chi connectivity index (χ1v) is 6.44. The van der Waals surface area contributed by atoms with Crippen molar-refractivity contribution in [3.8, 4) is 0 Å². The molecule has 0 aromatic heterocycles. The number of rotatable bonds is 4. The number of nitro benzene ring substituents is 1. The van der Waals surface area contributed by atoms with Gasteiger partial charge in [0.2, 0.25) is 5.91 Å². The van der Waals surface area contributed by atoms with Gasteiger partial charge in [0.25, 0.3) is 5.69 Å². The Balaban J connectivity index is 2.14. The number of halogens is 1. The number of nitro groups is 1. The number of hydrogen-bond donors (Lipinski definition) is 1. The summed E-state index contributed by atoms with van der Waals surface area (Å²) in [5.41, 5.74) is 5.26. The highest BCUT2D eigenvalue weighted by Gasteiger charge is 2.24. The van der Waals surface area contributed by atoms with E-state index in [4.69, 9.17) is 5.73 Å². The van der Waals surface area contributed by atoms with Gasteiger partial charge in [-0.3, -0.25) is 14.9 Å². The number of primary amides is 1. The van der Waals surface area contributed by atoms with E-state index in [2.05, 4.69) is 0 Å².